The Bertz CT molecular complexity index is 400. The van der Waals surface area contributed by atoms with Gasteiger partial charge in [0.25, 0.3) is 0 Å². The Kier molecular flexibility index (Phi) is 7.91. The summed E-state index contributed by atoms with van der Waals surface area (Å²) in [5.74, 6) is 7.45. The van der Waals surface area contributed by atoms with Crippen LogP contribution in [0, 0.1) is 11.8 Å². The predicted molar refractivity (Wildman–Crippen MR) is 91.1 cm³/mol. The Hall–Kier alpha value is -1.48. The Morgan fingerprint density at radius 1 is 1.19 bits per heavy atom. The molecule has 0 aliphatic heterocycles. The minimum absolute atomic E-state index is 0.384. The highest BCUT2D eigenvalue weighted by Gasteiger charge is 2.19. The maximum Gasteiger partial charge on any atom is 0.0471 e. The van der Waals surface area contributed by atoms with Gasteiger partial charge >= 0.3 is 0 Å². The lowest BCUT2D eigenvalue weighted by Crippen LogP contribution is -2.41. The van der Waals surface area contributed by atoms with E-state index in [4.69, 9.17) is 5.84 Å². The van der Waals surface area contributed by atoms with Crippen LogP contribution in [0.15, 0.2) is 42.7 Å². The van der Waals surface area contributed by atoms with E-state index in [0.717, 1.165) is 13.0 Å². The van der Waals surface area contributed by atoms with Gasteiger partial charge in [-0.25, -0.2) is 5.84 Å². The maximum atomic E-state index is 6.21. The van der Waals surface area contributed by atoms with Gasteiger partial charge in [-0.15, -0.1) is 0 Å². The summed E-state index contributed by atoms with van der Waals surface area (Å²) < 4.78 is 0. The van der Waals surface area contributed by atoms with Gasteiger partial charge in [0.05, 0.1) is 0 Å². The Labute approximate surface area is 130 Å². The van der Waals surface area contributed by atoms with Crippen LogP contribution in [0.4, 0.5) is 0 Å². The first kappa shape index (κ1) is 17.6. The monoisotopic (exact) mass is 289 g/mol. The van der Waals surface area contributed by atoms with Crippen molar-refractivity contribution in [2.45, 2.75) is 53.1 Å². The van der Waals surface area contributed by atoms with Crippen LogP contribution in [0.3, 0.4) is 0 Å². The topological polar surface area (TPSA) is 41.3 Å². The van der Waals surface area contributed by atoms with E-state index in [1.54, 1.807) is 0 Å². The van der Waals surface area contributed by atoms with E-state index in [1.807, 2.05) is 23.5 Å². The first-order chi connectivity index (χ1) is 10.0. The second-order valence-electron chi connectivity index (χ2n) is 6.19. The Balaban J connectivity index is 2.44. The normalized spacial score (nSPS) is 14.4. The van der Waals surface area contributed by atoms with Gasteiger partial charge in [-0.1, -0.05) is 64.4 Å². The number of rotatable bonds is 9. The highest BCUT2D eigenvalue weighted by atomic mass is 15.4. The van der Waals surface area contributed by atoms with E-state index >= 15 is 0 Å². The molecular weight excluding hydrogens is 258 g/mol. The summed E-state index contributed by atoms with van der Waals surface area (Å²) in [6.07, 6.45) is 6.23. The molecule has 0 spiro atoms. The Morgan fingerprint density at radius 3 is 2.43 bits per heavy atom. The molecule has 0 bridgehead atoms. The standard InChI is InChI=1S/C18H31N3/c1-5-16(4)13-18(15(2)3)21(19)12-11-20-14-17-9-7-6-8-10-17/h6-12,15-16,18,20H,5,13-14,19H2,1-4H3/b12-11-. The molecule has 21 heavy (non-hydrogen) atoms. The summed E-state index contributed by atoms with van der Waals surface area (Å²) in [5.41, 5.74) is 1.27. The van der Waals surface area contributed by atoms with Gasteiger partial charge in [-0.3, -0.25) is 0 Å². The summed E-state index contributed by atoms with van der Waals surface area (Å²) in [5, 5.41) is 5.15. The molecule has 0 aliphatic rings. The van der Waals surface area contributed by atoms with Crippen molar-refractivity contribution in [3.8, 4) is 0 Å². The fraction of sp³-hybridized carbons (Fsp3) is 0.556. The number of hydrogen-bond acceptors (Lipinski definition) is 3. The summed E-state index contributed by atoms with van der Waals surface area (Å²) in [4.78, 5) is 0. The molecule has 1 rings (SSSR count). The molecule has 0 fully saturated rings. The highest BCUT2D eigenvalue weighted by molar-refractivity contribution is 5.14. The quantitative estimate of drug-likeness (QED) is 0.535. The lowest BCUT2D eigenvalue weighted by atomic mass is 9.92. The summed E-state index contributed by atoms with van der Waals surface area (Å²) in [6.45, 7) is 9.82. The number of benzene rings is 1. The molecule has 0 radical (unpaired) electrons. The van der Waals surface area contributed by atoms with E-state index in [-0.39, 0.29) is 0 Å². The van der Waals surface area contributed by atoms with Crippen LogP contribution in [0.2, 0.25) is 0 Å². The molecule has 0 heterocycles. The largest absolute Gasteiger partial charge is 0.386 e. The van der Waals surface area contributed by atoms with E-state index in [2.05, 4.69) is 57.3 Å². The van der Waals surface area contributed by atoms with Gasteiger partial charge in [-0.05, 0) is 23.8 Å². The van der Waals surface area contributed by atoms with Crippen molar-refractivity contribution in [2.24, 2.45) is 17.7 Å². The third-order valence-electron chi connectivity index (χ3n) is 4.01. The minimum atomic E-state index is 0.384. The van der Waals surface area contributed by atoms with E-state index in [9.17, 15) is 0 Å². The van der Waals surface area contributed by atoms with Crippen molar-refractivity contribution in [1.82, 2.24) is 10.3 Å². The van der Waals surface area contributed by atoms with Crippen LogP contribution in [-0.4, -0.2) is 11.1 Å². The molecule has 3 N–H and O–H groups in total. The van der Waals surface area contributed by atoms with Crippen molar-refractivity contribution in [3.63, 3.8) is 0 Å². The zero-order valence-electron chi connectivity index (χ0n) is 13.9. The molecule has 1 aromatic rings. The lowest BCUT2D eigenvalue weighted by molar-refractivity contribution is 0.187. The van der Waals surface area contributed by atoms with Crippen molar-refractivity contribution in [1.29, 1.82) is 0 Å². The zero-order valence-corrected chi connectivity index (χ0v) is 13.9. The van der Waals surface area contributed by atoms with Crippen LogP contribution in [0.25, 0.3) is 0 Å². The maximum absolute atomic E-state index is 6.21. The molecule has 0 aromatic heterocycles. The summed E-state index contributed by atoms with van der Waals surface area (Å²) in [7, 11) is 0. The minimum Gasteiger partial charge on any atom is -0.386 e. The predicted octanol–water partition coefficient (Wildman–Crippen LogP) is 3.88. The van der Waals surface area contributed by atoms with Crippen LogP contribution >= 0.6 is 0 Å². The van der Waals surface area contributed by atoms with E-state index in [0.29, 0.717) is 17.9 Å². The first-order valence-corrected chi connectivity index (χ1v) is 8.01. The first-order valence-electron chi connectivity index (χ1n) is 8.01. The van der Waals surface area contributed by atoms with Gasteiger partial charge in [-0.2, -0.15) is 0 Å². The number of hydrazine groups is 1. The second kappa shape index (κ2) is 9.46. The van der Waals surface area contributed by atoms with Crippen LogP contribution in [-0.2, 0) is 6.54 Å². The molecular formula is C18H31N3. The fourth-order valence-corrected chi connectivity index (χ4v) is 2.34. The number of hydrogen-bond donors (Lipinski definition) is 2. The molecule has 0 aliphatic carbocycles. The third kappa shape index (κ3) is 6.67. The van der Waals surface area contributed by atoms with Crippen LogP contribution in [0.1, 0.15) is 46.1 Å². The van der Waals surface area contributed by atoms with Gasteiger partial charge in [0.1, 0.15) is 0 Å². The summed E-state index contributed by atoms with van der Waals surface area (Å²) in [6, 6.07) is 10.7. The van der Waals surface area contributed by atoms with Crippen LogP contribution in [0.5, 0.6) is 0 Å². The molecule has 2 atom stereocenters. The molecule has 0 saturated carbocycles. The molecule has 3 heteroatoms. The number of nitrogens with one attached hydrogen (secondary N) is 1. The van der Waals surface area contributed by atoms with Gasteiger partial charge in [0.2, 0.25) is 0 Å². The molecule has 0 amide bonds. The van der Waals surface area contributed by atoms with Crippen LogP contribution < -0.4 is 11.2 Å². The third-order valence-corrected chi connectivity index (χ3v) is 4.01. The van der Waals surface area contributed by atoms with Gasteiger partial charge in [0, 0.05) is 25.0 Å². The number of nitrogens with zero attached hydrogens (tertiary/aromatic N) is 1. The average Bonchev–Trinajstić information content (AvgIpc) is 2.49. The molecule has 0 saturated heterocycles. The summed E-state index contributed by atoms with van der Waals surface area (Å²) >= 11 is 0. The van der Waals surface area contributed by atoms with Crippen molar-refractivity contribution >= 4 is 0 Å². The van der Waals surface area contributed by atoms with Gasteiger partial charge in [0.15, 0.2) is 0 Å². The smallest absolute Gasteiger partial charge is 0.0471 e. The fourth-order valence-electron chi connectivity index (χ4n) is 2.34. The Morgan fingerprint density at radius 2 is 1.86 bits per heavy atom. The van der Waals surface area contributed by atoms with Gasteiger partial charge < -0.3 is 10.3 Å². The van der Waals surface area contributed by atoms with Crippen molar-refractivity contribution in [2.75, 3.05) is 0 Å². The molecule has 1 aromatic carbocycles. The molecule has 3 nitrogen and oxygen atoms in total. The molecule has 118 valence electrons. The highest BCUT2D eigenvalue weighted by Crippen LogP contribution is 2.19. The lowest BCUT2D eigenvalue weighted by Gasteiger charge is -2.31. The second-order valence-corrected chi connectivity index (χ2v) is 6.19. The zero-order chi connectivity index (χ0) is 15.7. The average molecular weight is 289 g/mol. The molecule has 2 unspecified atom stereocenters. The van der Waals surface area contributed by atoms with Crippen molar-refractivity contribution in [3.05, 3.63) is 48.3 Å². The van der Waals surface area contributed by atoms with E-state index in [1.165, 1.54) is 12.0 Å². The number of nitrogens with two attached hydrogens (primary N) is 1. The SMILES string of the molecule is CCC(C)CC(C(C)C)N(N)/C=C\NCc1ccccc1. The van der Waals surface area contributed by atoms with E-state index < -0.39 is 0 Å². The van der Waals surface area contributed by atoms with Crippen molar-refractivity contribution < 1.29 is 0 Å².